The van der Waals surface area contributed by atoms with E-state index in [4.69, 9.17) is 11.6 Å². The first-order valence-corrected chi connectivity index (χ1v) is 9.05. The summed E-state index contributed by atoms with van der Waals surface area (Å²) in [5, 5.41) is -0.0557. The highest BCUT2D eigenvalue weighted by Crippen LogP contribution is 2.47. The van der Waals surface area contributed by atoms with Gasteiger partial charge in [0.05, 0.1) is 18.0 Å². The van der Waals surface area contributed by atoms with Crippen LogP contribution in [0.4, 0.5) is 4.39 Å². The summed E-state index contributed by atoms with van der Waals surface area (Å²) in [6.07, 6.45) is 2.00. The van der Waals surface area contributed by atoms with Crippen molar-refractivity contribution in [3.05, 3.63) is 52.8 Å². The van der Waals surface area contributed by atoms with E-state index in [1.54, 1.807) is 23.7 Å². The third-order valence-electron chi connectivity index (χ3n) is 4.22. The summed E-state index contributed by atoms with van der Waals surface area (Å²) < 4.78 is 41.5. The Morgan fingerprint density at radius 1 is 1.48 bits per heavy atom. The Hall–Kier alpha value is -1.44. The summed E-state index contributed by atoms with van der Waals surface area (Å²) in [6, 6.07) is 6.12. The van der Waals surface area contributed by atoms with Crippen molar-refractivity contribution in [2.45, 2.75) is 24.1 Å². The molecule has 0 amide bonds. The molecule has 1 aliphatic carbocycles. The van der Waals surface area contributed by atoms with Gasteiger partial charge in [0, 0.05) is 20.0 Å². The highest BCUT2D eigenvalue weighted by Gasteiger charge is 2.49. The maximum Gasteiger partial charge on any atom is 0.217 e. The van der Waals surface area contributed by atoms with E-state index in [0.717, 1.165) is 5.56 Å². The lowest BCUT2D eigenvalue weighted by molar-refractivity contribution is 0.449. The Balaban J connectivity index is 1.74. The molecule has 1 saturated carbocycles. The minimum absolute atomic E-state index is 0.150. The lowest BCUT2D eigenvalue weighted by Gasteiger charge is -2.17. The lowest BCUT2D eigenvalue weighted by atomic mass is 10.1. The van der Waals surface area contributed by atoms with E-state index in [2.05, 4.69) is 4.98 Å². The second-order valence-electron chi connectivity index (χ2n) is 5.79. The highest BCUT2D eigenvalue weighted by atomic mass is 35.5. The Kier molecular flexibility index (Phi) is 4.20. The maximum absolute atomic E-state index is 13.3. The average molecular weight is 358 g/mol. The monoisotopic (exact) mass is 357 g/mol. The van der Waals surface area contributed by atoms with Crippen LogP contribution in [0.3, 0.4) is 0 Å². The zero-order valence-electron chi connectivity index (χ0n) is 12.8. The van der Waals surface area contributed by atoms with E-state index in [1.165, 1.54) is 29.7 Å². The molecule has 8 heteroatoms. The van der Waals surface area contributed by atoms with Gasteiger partial charge in [0.2, 0.25) is 10.0 Å². The van der Waals surface area contributed by atoms with Gasteiger partial charge in [0.15, 0.2) is 0 Å². The maximum atomic E-state index is 13.3. The molecular formula is C15H17ClFN3O2S. The Labute approximate surface area is 139 Å². The van der Waals surface area contributed by atoms with Gasteiger partial charge in [-0.05, 0) is 24.1 Å². The van der Waals surface area contributed by atoms with E-state index >= 15 is 0 Å². The van der Waals surface area contributed by atoms with Gasteiger partial charge >= 0.3 is 0 Å². The third kappa shape index (κ3) is 3.13. The van der Waals surface area contributed by atoms with E-state index in [1.807, 2.05) is 0 Å². The molecule has 1 aromatic heterocycles. The molecule has 124 valence electrons. The first-order valence-electron chi connectivity index (χ1n) is 7.17. The van der Waals surface area contributed by atoms with Crippen LogP contribution in [0.15, 0.2) is 30.5 Å². The molecule has 0 radical (unpaired) electrons. The topological polar surface area (TPSA) is 55.2 Å². The summed E-state index contributed by atoms with van der Waals surface area (Å²) in [6.45, 7) is 0.151. The summed E-state index contributed by atoms with van der Waals surface area (Å²) in [5.74, 6) is 0.0775. The summed E-state index contributed by atoms with van der Waals surface area (Å²) >= 11 is 5.92. The van der Waals surface area contributed by atoms with Gasteiger partial charge in [-0.3, -0.25) is 0 Å². The molecule has 0 bridgehead atoms. The summed E-state index contributed by atoms with van der Waals surface area (Å²) in [4.78, 5) is 4.11. The SMILES string of the molecule is CN(Cc1ncc(Cl)n1C)S(=O)(=O)C1CC1c1cccc(F)c1. The zero-order chi connectivity index (χ0) is 16.8. The number of hydrogen-bond donors (Lipinski definition) is 0. The van der Waals surface area contributed by atoms with Gasteiger partial charge in [0.1, 0.15) is 16.8 Å². The normalized spacial score (nSPS) is 20.9. The van der Waals surface area contributed by atoms with Crippen molar-refractivity contribution in [2.24, 2.45) is 7.05 Å². The molecule has 23 heavy (non-hydrogen) atoms. The fourth-order valence-electron chi connectivity index (χ4n) is 2.68. The largest absolute Gasteiger partial charge is 0.321 e. The molecule has 5 nitrogen and oxygen atoms in total. The summed E-state index contributed by atoms with van der Waals surface area (Å²) in [5.41, 5.74) is 0.729. The van der Waals surface area contributed by atoms with Gasteiger partial charge in [-0.2, -0.15) is 4.31 Å². The van der Waals surface area contributed by atoms with Crippen LogP contribution in [0.2, 0.25) is 5.15 Å². The van der Waals surface area contributed by atoms with Crippen LogP contribution < -0.4 is 0 Å². The minimum atomic E-state index is -3.47. The van der Waals surface area contributed by atoms with E-state index < -0.39 is 15.3 Å². The number of sulfonamides is 1. The number of hydrogen-bond acceptors (Lipinski definition) is 3. The molecule has 2 atom stereocenters. The Bertz CT molecular complexity index is 837. The van der Waals surface area contributed by atoms with Gasteiger partial charge in [-0.25, -0.2) is 17.8 Å². The van der Waals surface area contributed by atoms with Crippen LogP contribution in [0.5, 0.6) is 0 Å². The fraction of sp³-hybridized carbons (Fsp3) is 0.400. The van der Waals surface area contributed by atoms with Crippen LogP contribution >= 0.6 is 11.6 Å². The van der Waals surface area contributed by atoms with Crippen molar-refractivity contribution in [1.29, 1.82) is 0 Å². The van der Waals surface area contributed by atoms with Crippen molar-refractivity contribution in [2.75, 3.05) is 7.05 Å². The van der Waals surface area contributed by atoms with Crippen molar-refractivity contribution in [1.82, 2.24) is 13.9 Å². The molecule has 0 saturated heterocycles. The molecule has 2 unspecified atom stereocenters. The van der Waals surface area contributed by atoms with E-state index in [9.17, 15) is 12.8 Å². The highest BCUT2D eigenvalue weighted by molar-refractivity contribution is 7.90. The Morgan fingerprint density at radius 2 is 2.22 bits per heavy atom. The van der Waals surface area contributed by atoms with Crippen LogP contribution in [-0.2, 0) is 23.6 Å². The molecule has 2 aromatic rings. The molecular weight excluding hydrogens is 341 g/mol. The standard InChI is InChI=1S/C15H17ClFN3O2S/c1-19(9-15-18-8-14(16)20(15)2)23(21,22)13-7-12(13)10-4-3-5-11(17)6-10/h3-6,8,12-13H,7,9H2,1-2H3. The molecule has 1 heterocycles. The minimum Gasteiger partial charge on any atom is -0.321 e. The van der Waals surface area contributed by atoms with Crippen LogP contribution in [0, 0.1) is 5.82 Å². The number of nitrogens with zero attached hydrogens (tertiary/aromatic N) is 3. The Morgan fingerprint density at radius 3 is 2.83 bits per heavy atom. The molecule has 1 aromatic carbocycles. The quantitative estimate of drug-likeness (QED) is 0.826. The smallest absolute Gasteiger partial charge is 0.217 e. The van der Waals surface area contributed by atoms with E-state index in [-0.39, 0.29) is 18.3 Å². The number of rotatable bonds is 5. The van der Waals surface area contributed by atoms with Crippen LogP contribution in [0.25, 0.3) is 0 Å². The number of halogens is 2. The average Bonchev–Trinajstić information content (AvgIpc) is 3.26. The van der Waals surface area contributed by atoms with Crippen molar-refractivity contribution < 1.29 is 12.8 Å². The molecule has 1 aliphatic rings. The summed E-state index contributed by atoms with van der Waals surface area (Å²) in [7, 11) is -0.207. The van der Waals surface area contributed by atoms with Crippen molar-refractivity contribution in [3.8, 4) is 0 Å². The van der Waals surface area contributed by atoms with Crippen molar-refractivity contribution in [3.63, 3.8) is 0 Å². The number of benzene rings is 1. The zero-order valence-corrected chi connectivity index (χ0v) is 14.4. The predicted molar refractivity (Wildman–Crippen MR) is 86.2 cm³/mol. The third-order valence-corrected chi connectivity index (χ3v) is 6.85. The van der Waals surface area contributed by atoms with Crippen LogP contribution in [0.1, 0.15) is 23.7 Å². The number of aromatic nitrogens is 2. The molecule has 3 rings (SSSR count). The number of imidazole rings is 1. The van der Waals surface area contributed by atoms with E-state index in [0.29, 0.717) is 17.4 Å². The van der Waals surface area contributed by atoms with Gasteiger partial charge in [0.25, 0.3) is 0 Å². The lowest BCUT2D eigenvalue weighted by Crippen LogP contribution is -2.31. The van der Waals surface area contributed by atoms with Gasteiger partial charge in [-0.1, -0.05) is 23.7 Å². The molecule has 0 aliphatic heterocycles. The first-order chi connectivity index (χ1) is 10.8. The fourth-order valence-corrected chi connectivity index (χ4v) is 4.61. The van der Waals surface area contributed by atoms with Gasteiger partial charge in [-0.15, -0.1) is 0 Å². The predicted octanol–water partition coefficient (Wildman–Crippen LogP) is 2.53. The van der Waals surface area contributed by atoms with Crippen molar-refractivity contribution >= 4 is 21.6 Å². The first kappa shape index (κ1) is 16.4. The van der Waals surface area contributed by atoms with Gasteiger partial charge < -0.3 is 4.57 Å². The second-order valence-corrected chi connectivity index (χ2v) is 8.44. The molecule has 0 N–H and O–H groups in total. The molecule has 1 fully saturated rings. The van der Waals surface area contributed by atoms with Crippen LogP contribution in [-0.4, -0.2) is 34.6 Å². The second kappa shape index (κ2) is 5.89. The molecule has 0 spiro atoms.